The highest BCUT2D eigenvalue weighted by Gasteiger charge is 2.21. The molecule has 1 saturated carbocycles. The number of rotatable bonds is 11. The van der Waals surface area contributed by atoms with Crippen molar-refractivity contribution in [1.29, 1.82) is 0 Å². The SMILES string of the molecule is CC(C)N(C)CCCNCC(O)COCC1CC1. The van der Waals surface area contributed by atoms with Crippen molar-refractivity contribution < 1.29 is 9.84 Å². The van der Waals surface area contributed by atoms with Crippen LogP contribution >= 0.6 is 0 Å². The first-order valence-corrected chi connectivity index (χ1v) is 7.26. The quantitative estimate of drug-likeness (QED) is 0.545. The van der Waals surface area contributed by atoms with Crippen molar-refractivity contribution in [2.75, 3.05) is 39.9 Å². The third-order valence-electron chi connectivity index (χ3n) is 3.49. The minimum Gasteiger partial charge on any atom is -0.389 e. The lowest BCUT2D eigenvalue weighted by Gasteiger charge is -2.21. The molecule has 0 radical (unpaired) electrons. The summed E-state index contributed by atoms with van der Waals surface area (Å²) in [5, 5.41) is 13.0. The minimum absolute atomic E-state index is 0.369. The Bertz CT molecular complexity index is 208. The molecule has 2 N–H and O–H groups in total. The van der Waals surface area contributed by atoms with Gasteiger partial charge in [-0.3, -0.25) is 0 Å². The van der Waals surface area contributed by atoms with Crippen LogP contribution in [0.4, 0.5) is 0 Å². The van der Waals surface area contributed by atoms with E-state index in [1.807, 2.05) is 0 Å². The molecule has 1 aliphatic rings. The highest BCUT2D eigenvalue weighted by Crippen LogP contribution is 2.28. The lowest BCUT2D eigenvalue weighted by Crippen LogP contribution is -2.33. The van der Waals surface area contributed by atoms with Crippen molar-refractivity contribution in [3.05, 3.63) is 0 Å². The van der Waals surface area contributed by atoms with Gasteiger partial charge in [0.1, 0.15) is 0 Å². The molecule has 1 rings (SSSR count). The highest BCUT2D eigenvalue weighted by atomic mass is 16.5. The zero-order valence-electron chi connectivity index (χ0n) is 12.2. The molecule has 0 bridgehead atoms. The molecule has 4 nitrogen and oxygen atoms in total. The lowest BCUT2D eigenvalue weighted by atomic mass is 10.3. The highest BCUT2D eigenvalue weighted by molar-refractivity contribution is 4.72. The van der Waals surface area contributed by atoms with Crippen molar-refractivity contribution in [1.82, 2.24) is 10.2 Å². The molecule has 0 heterocycles. The maximum atomic E-state index is 9.68. The summed E-state index contributed by atoms with van der Waals surface area (Å²) in [4.78, 5) is 2.33. The topological polar surface area (TPSA) is 44.7 Å². The van der Waals surface area contributed by atoms with Crippen LogP contribution in [0, 0.1) is 5.92 Å². The standard InChI is InChI=1S/C14H30N2O2/c1-12(2)16(3)8-4-7-15-9-14(17)11-18-10-13-5-6-13/h12-15,17H,4-11H2,1-3H3. The van der Waals surface area contributed by atoms with Crippen LogP contribution < -0.4 is 5.32 Å². The molecular formula is C14H30N2O2. The molecule has 0 aromatic rings. The van der Waals surface area contributed by atoms with Crippen LogP contribution in [0.2, 0.25) is 0 Å². The zero-order valence-corrected chi connectivity index (χ0v) is 12.2. The Labute approximate surface area is 112 Å². The largest absolute Gasteiger partial charge is 0.389 e. The summed E-state index contributed by atoms with van der Waals surface area (Å²) in [5.74, 6) is 0.775. The summed E-state index contributed by atoms with van der Waals surface area (Å²) < 4.78 is 5.45. The first kappa shape index (κ1) is 15.9. The fourth-order valence-corrected chi connectivity index (χ4v) is 1.69. The second-order valence-corrected chi connectivity index (χ2v) is 5.77. The molecule has 0 aliphatic heterocycles. The van der Waals surface area contributed by atoms with Crippen molar-refractivity contribution in [2.45, 2.75) is 45.3 Å². The van der Waals surface area contributed by atoms with E-state index in [1.165, 1.54) is 12.8 Å². The van der Waals surface area contributed by atoms with Crippen molar-refractivity contribution in [3.8, 4) is 0 Å². The van der Waals surface area contributed by atoms with Gasteiger partial charge in [0, 0.05) is 19.2 Å². The smallest absolute Gasteiger partial charge is 0.0897 e. The van der Waals surface area contributed by atoms with Crippen LogP contribution in [0.15, 0.2) is 0 Å². The number of hydrogen-bond acceptors (Lipinski definition) is 4. The maximum absolute atomic E-state index is 9.68. The molecule has 0 saturated heterocycles. The number of ether oxygens (including phenoxy) is 1. The van der Waals surface area contributed by atoms with Gasteiger partial charge in [0.25, 0.3) is 0 Å². The Kier molecular flexibility index (Phi) is 7.82. The van der Waals surface area contributed by atoms with Crippen LogP contribution in [0.3, 0.4) is 0 Å². The van der Waals surface area contributed by atoms with Gasteiger partial charge >= 0.3 is 0 Å². The Morgan fingerprint density at radius 3 is 2.72 bits per heavy atom. The first-order valence-electron chi connectivity index (χ1n) is 7.26. The molecule has 108 valence electrons. The minimum atomic E-state index is -0.369. The molecule has 1 atom stereocenters. The Morgan fingerprint density at radius 1 is 1.39 bits per heavy atom. The normalized spacial score (nSPS) is 17.7. The summed E-state index contributed by atoms with van der Waals surface area (Å²) in [7, 11) is 2.14. The third kappa shape index (κ3) is 8.03. The molecule has 0 aromatic heterocycles. The molecule has 0 spiro atoms. The molecule has 1 fully saturated rings. The van der Waals surface area contributed by atoms with Gasteiger partial charge in [-0.1, -0.05) is 0 Å². The number of nitrogens with zero attached hydrogens (tertiary/aromatic N) is 1. The zero-order chi connectivity index (χ0) is 13.4. The fourth-order valence-electron chi connectivity index (χ4n) is 1.69. The Balaban J connectivity index is 1.83. The lowest BCUT2D eigenvalue weighted by molar-refractivity contribution is 0.0325. The summed E-state index contributed by atoms with van der Waals surface area (Å²) in [6.45, 7) is 8.39. The molecular weight excluding hydrogens is 228 g/mol. The van der Waals surface area contributed by atoms with Crippen LogP contribution in [0.25, 0.3) is 0 Å². The fraction of sp³-hybridized carbons (Fsp3) is 1.00. The summed E-state index contributed by atoms with van der Waals surface area (Å²) in [5.41, 5.74) is 0. The van der Waals surface area contributed by atoms with Gasteiger partial charge in [-0.05, 0) is 59.2 Å². The Hall–Kier alpha value is -0.160. The number of aliphatic hydroxyl groups excluding tert-OH is 1. The molecule has 18 heavy (non-hydrogen) atoms. The molecule has 0 aromatic carbocycles. The van der Waals surface area contributed by atoms with E-state index in [-0.39, 0.29) is 6.10 Å². The van der Waals surface area contributed by atoms with E-state index in [9.17, 15) is 5.11 Å². The van der Waals surface area contributed by atoms with E-state index in [2.05, 4.69) is 31.1 Å². The van der Waals surface area contributed by atoms with E-state index in [1.54, 1.807) is 0 Å². The average molecular weight is 258 g/mol. The van der Waals surface area contributed by atoms with Crippen molar-refractivity contribution >= 4 is 0 Å². The number of nitrogens with one attached hydrogen (secondary N) is 1. The van der Waals surface area contributed by atoms with Crippen molar-refractivity contribution in [3.63, 3.8) is 0 Å². The van der Waals surface area contributed by atoms with Gasteiger partial charge < -0.3 is 20.1 Å². The molecule has 0 amide bonds. The van der Waals surface area contributed by atoms with Crippen molar-refractivity contribution in [2.24, 2.45) is 5.92 Å². The van der Waals surface area contributed by atoms with Crippen LogP contribution in [-0.4, -0.2) is 62.0 Å². The predicted molar refractivity (Wildman–Crippen MR) is 74.8 cm³/mol. The second kappa shape index (κ2) is 8.86. The Morgan fingerprint density at radius 2 is 2.11 bits per heavy atom. The molecule has 1 aliphatic carbocycles. The van der Waals surface area contributed by atoms with Gasteiger partial charge in [-0.25, -0.2) is 0 Å². The number of aliphatic hydroxyl groups is 1. The van der Waals surface area contributed by atoms with Gasteiger partial charge in [0.05, 0.1) is 12.7 Å². The van der Waals surface area contributed by atoms with Gasteiger partial charge in [-0.15, -0.1) is 0 Å². The third-order valence-corrected chi connectivity index (χ3v) is 3.49. The summed E-state index contributed by atoms with van der Waals surface area (Å²) in [6.07, 6.45) is 3.35. The number of hydrogen-bond donors (Lipinski definition) is 2. The van der Waals surface area contributed by atoms with Gasteiger partial charge in [-0.2, -0.15) is 0 Å². The monoisotopic (exact) mass is 258 g/mol. The molecule has 1 unspecified atom stereocenters. The molecule has 4 heteroatoms. The van der Waals surface area contributed by atoms with Gasteiger partial charge in [0.15, 0.2) is 0 Å². The average Bonchev–Trinajstić information content (AvgIpc) is 3.12. The first-order chi connectivity index (χ1) is 8.59. The van der Waals surface area contributed by atoms with E-state index < -0.39 is 0 Å². The van der Waals surface area contributed by atoms with E-state index in [4.69, 9.17) is 4.74 Å². The van der Waals surface area contributed by atoms with Crippen LogP contribution in [0.5, 0.6) is 0 Å². The van der Waals surface area contributed by atoms with E-state index in [0.29, 0.717) is 19.2 Å². The van der Waals surface area contributed by atoms with Gasteiger partial charge in [0.2, 0.25) is 0 Å². The second-order valence-electron chi connectivity index (χ2n) is 5.77. The van der Waals surface area contributed by atoms with E-state index >= 15 is 0 Å². The predicted octanol–water partition coefficient (Wildman–Crippen LogP) is 1.09. The maximum Gasteiger partial charge on any atom is 0.0897 e. The van der Waals surface area contributed by atoms with Crippen LogP contribution in [-0.2, 0) is 4.74 Å². The summed E-state index contributed by atoms with van der Waals surface area (Å²) >= 11 is 0. The van der Waals surface area contributed by atoms with Crippen LogP contribution in [0.1, 0.15) is 33.1 Å². The van der Waals surface area contributed by atoms with E-state index in [0.717, 1.165) is 32.0 Å². The summed E-state index contributed by atoms with van der Waals surface area (Å²) in [6, 6.07) is 0.603.